The van der Waals surface area contributed by atoms with E-state index in [4.69, 9.17) is 0 Å². The van der Waals surface area contributed by atoms with Crippen molar-refractivity contribution in [3.8, 4) is 0 Å². The van der Waals surface area contributed by atoms with Crippen LogP contribution in [-0.2, 0) is 0 Å². The molecule has 0 amide bonds. The lowest BCUT2D eigenvalue weighted by molar-refractivity contribution is 0.100. The van der Waals surface area contributed by atoms with Crippen molar-refractivity contribution in [3.63, 3.8) is 0 Å². The molecule has 5 heteroatoms. The molecular weight excluding hydrogens is 318 g/mol. The van der Waals surface area contributed by atoms with Crippen LogP contribution in [0.25, 0.3) is 5.76 Å². The third-order valence-corrected chi connectivity index (χ3v) is 3.59. The summed E-state index contributed by atoms with van der Waals surface area (Å²) in [5.41, 5.74) is 2.17. The molecule has 2 aromatic carbocycles. The predicted octanol–water partition coefficient (Wildman–Crippen LogP) is 3.90. The lowest BCUT2D eigenvalue weighted by atomic mass is 10.1. The number of hydrogen-bond donors (Lipinski definition) is 1. The largest absolute Gasteiger partial charge is 0.505 e. The molecule has 126 valence electrons. The van der Waals surface area contributed by atoms with E-state index in [0.29, 0.717) is 28.5 Å². The van der Waals surface area contributed by atoms with Crippen LogP contribution in [0.3, 0.4) is 0 Å². The van der Waals surface area contributed by atoms with Gasteiger partial charge in [-0.3, -0.25) is 19.4 Å². The van der Waals surface area contributed by atoms with Crippen LogP contribution in [0.15, 0.2) is 59.2 Å². The number of aldehydes is 1. The van der Waals surface area contributed by atoms with E-state index in [0.717, 1.165) is 0 Å². The summed E-state index contributed by atoms with van der Waals surface area (Å²) in [6.07, 6.45) is 2.19. The monoisotopic (exact) mass is 335 g/mol. The van der Waals surface area contributed by atoms with Crippen molar-refractivity contribution in [1.29, 1.82) is 0 Å². The van der Waals surface area contributed by atoms with Gasteiger partial charge in [0.2, 0.25) is 5.78 Å². The molecule has 3 rings (SSSR count). The fraction of sp³-hybridized carbons (Fsp3) is 0.100. The van der Waals surface area contributed by atoms with Crippen LogP contribution in [-0.4, -0.2) is 29.2 Å². The van der Waals surface area contributed by atoms with Gasteiger partial charge in [-0.1, -0.05) is 48.5 Å². The number of allylic oxidation sites excluding steroid dienone is 1. The van der Waals surface area contributed by atoms with Gasteiger partial charge in [0.15, 0.2) is 23.5 Å². The van der Waals surface area contributed by atoms with E-state index >= 15 is 0 Å². The van der Waals surface area contributed by atoms with Crippen LogP contribution in [0.2, 0.25) is 0 Å². The van der Waals surface area contributed by atoms with E-state index in [1.165, 1.54) is 13.1 Å². The highest BCUT2D eigenvalue weighted by atomic mass is 16.3. The topological polar surface area (TPSA) is 83.8 Å². The first kappa shape index (κ1) is 18.0. The SMILES string of the molecule is CC(=O)c1ccccc1C=O.CC=NC1=C(O)c2ccccc2C1=O. The Kier molecular flexibility index (Phi) is 5.74. The van der Waals surface area contributed by atoms with Crippen molar-refractivity contribution in [1.82, 2.24) is 0 Å². The molecule has 0 fully saturated rings. The van der Waals surface area contributed by atoms with Crippen LogP contribution < -0.4 is 0 Å². The maximum atomic E-state index is 11.7. The van der Waals surface area contributed by atoms with E-state index in [-0.39, 0.29) is 23.0 Å². The predicted molar refractivity (Wildman–Crippen MR) is 96.3 cm³/mol. The number of aliphatic hydroxyl groups excluding tert-OH is 1. The Bertz CT molecular complexity index is 894. The van der Waals surface area contributed by atoms with Crippen molar-refractivity contribution in [2.45, 2.75) is 13.8 Å². The molecule has 5 nitrogen and oxygen atoms in total. The lowest BCUT2D eigenvalue weighted by Gasteiger charge is -1.96. The molecule has 25 heavy (non-hydrogen) atoms. The van der Waals surface area contributed by atoms with Gasteiger partial charge in [-0.15, -0.1) is 0 Å². The molecule has 2 aromatic rings. The lowest BCUT2D eigenvalue weighted by Crippen LogP contribution is -1.97. The number of carbonyl (C=O) groups excluding carboxylic acids is 3. The Morgan fingerprint density at radius 1 is 1.04 bits per heavy atom. The molecule has 0 spiro atoms. The van der Waals surface area contributed by atoms with Gasteiger partial charge in [0.1, 0.15) is 0 Å². The fourth-order valence-corrected chi connectivity index (χ4v) is 2.42. The molecule has 0 saturated heterocycles. The van der Waals surface area contributed by atoms with Gasteiger partial charge in [0.05, 0.1) is 0 Å². The highest BCUT2D eigenvalue weighted by Crippen LogP contribution is 2.30. The summed E-state index contributed by atoms with van der Waals surface area (Å²) in [5.74, 6) is -0.312. The van der Waals surface area contributed by atoms with Crippen LogP contribution in [0.5, 0.6) is 0 Å². The number of aliphatic imine (C=N–C) groups is 1. The molecule has 0 radical (unpaired) electrons. The molecular formula is C20H17NO4. The number of hydrogen-bond acceptors (Lipinski definition) is 5. The van der Waals surface area contributed by atoms with Crippen molar-refractivity contribution in [3.05, 3.63) is 76.5 Å². The maximum absolute atomic E-state index is 11.7. The first-order chi connectivity index (χ1) is 12.0. The Morgan fingerprint density at radius 2 is 1.64 bits per heavy atom. The third-order valence-electron chi connectivity index (χ3n) is 3.59. The summed E-state index contributed by atoms with van der Waals surface area (Å²) >= 11 is 0. The molecule has 0 saturated carbocycles. The average molecular weight is 335 g/mol. The second kappa shape index (κ2) is 7.97. The average Bonchev–Trinajstić information content (AvgIpc) is 2.88. The summed E-state index contributed by atoms with van der Waals surface area (Å²) in [7, 11) is 0. The van der Waals surface area contributed by atoms with Gasteiger partial charge in [-0.05, 0) is 13.8 Å². The number of fused-ring (bicyclic) bond motifs is 1. The molecule has 0 aliphatic heterocycles. The molecule has 0 unspecified atom stereocenters. The molecule has 0 heterocycles. The van der Waals surface area contributed by atoms with Crippen LogP contribution in [0, 0.1) is 0 Å². The Labute approximate surface area is 145 Å². The summed E-state index contributed by atoms with van der Waals surface area (Å²) in [4.78, 5) is 36.8. The normalized spacial score (nSPS) is 12.6. The van der Waals surface area contributed by atoms with Crippen LogP contribution in [0.4, 0.5) is 0 Å². The zero-order valence-electron chi connectivity index (χ0n) is 13.9. The first-order valence-electron chi connectivity index (χ1n) is 7.62. The van der Waals surface area contributed by atoms with E-state index in [9.17, 15) is 19.5 Å². The maximum Gasteiger partial charge on any atom is 0.215 e. The van der Waals surface area contributed by atoms with Gasteiger partial charge >= 0.3 is 0 Å². The Morgan fingerprint density at radius 3 is 2.16 bits per heavy atom. The molecule has 0 aromatic heterocycles. The minimum atomic E-state index is -0.212. The smallest absolute Gasteiger partial charge is 0.215 e. The van der Waals surface area contributed by atoms with E-state index in [2.05, 4.69) is 4.99 Å². The van der Waals surface area contributed by atoms with Crippen molar-refractivity contribution in [2.75, 3.05) is 0 Å². The number of carbonyl (C=O) groups is 3. The van der Waals surface area contributed by atoms with Gasteiger partial charge in [0.25, 0.3) is 0 Å². The van der Waals surface area contributed by atoms with Gasteiger partial charge < -0.3 is 5.11 Å². The summed E-state index contributed by atoms with van der Waals surface area (Å²) < 4.78 is 0. The molecule has 0 atom stereocenters. The summed E-state index contributed by atoms with van der Waals surface area (Å²) in [6.45, 7) is 3.15. The second-order valence-corrected chi connectivity index (χ2v) is 5.22. The summed E-state index contributed by atoms with van der Waals surface area (Å²) in [5, 5.41) is 9.69. The number of ketones is 2. The third kappa shape index (κ3) is 3.77. The van der Waals surface area contributed by atoms with Gasteiger partial charge in [0, 0.05) is 28.5 Å². The van der Waals surface area contributed by atoms with E-state index < -0.39 is 0 Å². The van der Waals surface area contributed by atoms with Crippen molar-refractivity contribution in [2.24, 2.45) is 4.99 Å². The van der Waals surface area contributed by atoms with Crippen molar-refractivity contribution < 1.29 is 19.5 Å². The standard InChI is InChI=1S/C11H9NO2.C9H8O2/c1-2-12-9-10(13)7-5-3-4-6-8(7)11(9)14;1-7(11)9-5-3-2-4-8(9)6-10/h2-6,13H,1H3;2-6H,1H3. The van der Waals surface area contributed by atoms with E-state index in [1.54, 1.807) is 55.5 Å². The number of Topliss-reactive ketones (excluding diaryl/α,β-unsaturated/α-hetero) is 2. The van der Waals surface area contributed by atoms with Gasteiger partial charge in [-0.25, -0.2) is 0 Å². The highest BCUT2D eigenvalue weighted by molar-refractivity contribution is 6.19. The zero-order chi connectivity index (χ0) is 18.4. The number of aliphatic hydroxyl groups is 1. The highest BCUT2D eigenvalue weighted by Gasteiger charge is 2.28. The van der Waals surface area contributed by atoms with Gasteiger partial charge in [-0.2, -0.15) is 0 Å². The number of rotatable bonds is 3. The summed E-state index contributed by atoms with van der Waals surface area (Å²) in [6, 6.07) is 13.7. The van der Waals surface area contributed by atoms with E-state index in [1.807, 2.05) is 0 Å². The number of nitrogens with zero attached hydrogens (tertiary/aromatic N) is 1. The zero-order valence-corrected chi connectivity index (χ0v) is 13.9. The second-order valence-electron chi connectivity index (χ2n) is 5.22. The van der Waals surface area contributed by atoms with Crippen LogP contribution in [0.1, 0.15) is 50.5 Å². The fourth-order valence-electron chi connectivity index (χ4n) is 2.42. The Hall–Kier alpha value is -3.34. The minimum absolute atomic E-state index is 0.0244. The minimum Gasteiger partial charge on any atom is -0.505 e. The van der Waals surface area contributed by atoms with Crippen molar-refractivity contribution >= 4 is 29.8 Å². The van der Waals surface area contributed by atoms with Crippen LogP contribution >= 0.6 is 0 Å². The molecule has 1 aliphatic rings. The molecule has 1 aliphatic carbocycles. The Balaban J connectivity index is 0.000000186. The quantitative estimate of drug-likeness (QED) is 0.524. The molecule has 0 bridgehead atoms. The number of benzene rings is 2. The molecule has 1 N–H and O–H groups in total. The first-order valence-corrected chi connectivity index (χ1v) is 7.62.